The van der Waals surface area contributed by atoms with Crippen LogP contribution < -0.4 is 5.32 Å². The van der Waals surface area contributed by atoms with Crippen LogP contribution in [0.4, 0.5) is 5.13 Å². The lowest BCUT2D eigenvalue weighted by Gasteiger charge is -1.99. The van der Waals surface area contributed by atoms with E-state index in [2.05, 4.69) is 10.3 Å². The molecule has 0 saturated heterocycles. The number of alkyl halides is 1. The molecule has 94 valence electrons. The van der Waals surface area contributed by atoms with Crippen LogP contribution in [0, 0.1) is 6.92 Å². The molecule has 2 aromatic rings. The van der Waals surface area contributed by atoms with Crippen molar-refractivity contribution in [3.63, 3.8) is 0 Å². The second-order valence-electron chi connectivity index (χ2n) is 3.62. The predicted octanol–water partition coefficient (Wildman–Crippen LogP) is 3.95. The number of benzene rings is 1. The number of carbonyl (C=O) groups excluding carboxylic acids is 1. The summed E-state index contributed by atoms with van der Waals surface area (Å²) in [5.74, 6) is -0.339. The lowest BCUT2D eigenvalue weighted by atomic mass is 10.1. The van der Waals surface area contributed by atoms with Crippen molar-refractivity contribution in [1.82, 2.24) is 4.98 Å². The van der Waals surface area contributed by atoms with Crippen molar-refractivity contribution < 1.29 is 4.79 Å². The summed E-state index contributed by atoms with van der Waals surface area (Å²) in [6, 6.07) is 7.45. The number of nitrogens with zero attached hydrogens (tertiary/aromatic N) is 1. The van der Waals surface area contributed by atoms with Crippen LogP contribution in [0.15, 0.2) is 24.3 Å². The van der Waals surface area contributed by atoms with Gasteiger partial charge in [0.05, 0.1) is 5.69 Å². The molecule has 0 atom stereocenters. The molecule has 1 amide bonds. The molecular weight excluding hydrogens is 291 g/mol. The predicted molar refractivity (Wildman–Crippen MR) is 76.6 cm³/mol. The zero-order valence-electron chi connectivity index (χ0n) is 9.54. The van der Waals surface area contributed by atoms with Gasteiger partial charge in [-0.05, 0) is 19.1 Å². The quantitative estimate of drug-likeness (QED) is 0.872. The Bertz CT molecular complexity index is 583. The number of anilines is 1. The summed E-state index contributed by atoms with van der Waals surface area (Å²) >= 11 is 12.8. The first kappa shape index (κ1) is 13.3. The fourth-order valence-electron chi connectivity index (χ4n) is 1.51. The molecular formula is C12H10Cl2N2OS. The van der Waals surface area contributed by atoms with E-state index >= 15 is 0 Å². The highest BCUT2D eigenvalue weighted by Crippen LogP contribution is 2.31. The molecule has 1 heterocycles. The molecule has 0 spiro atoms. The minimum atomic E-state index is -0.261. The maximum Gasteiger partial charge on any atom is 0.241 e. The number of aromatic nitrogens is 1. The molecule has 0 unspecified atom stereocenters. The van der Waals surface area contributed by atoms with Crippen molar-refractivity contribution >= 4 is 45.6 Å². The molecule has 1 N–H and O–H groups in total. The summed E-state index contributed by atoms with van der Waals surface area (Å²) < 4.78 is 0. The van der Waals surface area contributed by atoms with Gasteiger partial charge in [-0.2, -0.15) is 0 Å². The summed E-state index contributed by atoms with van der Waals surface area (Å²) in [6.45, 7) is 1.95. The Morgan fingerprint density at radius 2 is 2.28 bits per heavy atom. The number of carbonyl (C=O) groups is 1. The smallest absolute Gasteiger partial charge is 0.241 e. The summed E-state index contributed by atoms with van der Waals surface area (Å²) in [6.07, 6.45) is 0. The first-order chi connectivity index (χ1) is 8.60. The van der Waals surface area contributed by atoms with Crippen molar-refractivity contribution in [2.45, 2.75) is 6.92 Å². The Morgan fingerprint density at radius 1 is 1.50 bits per heavy atom. The number of halogens is 2. The van der Waals surface area contributed by atoms with Gasteiger partial charge in [-0.1, -0.05) is 23.7 Å². The molecule has 0 radical (unpaired) electrons. The second kappa shape index (κ2) is 5.69. The van der Waals surface area contributed by atoms with Gasteiger partial charge in [-0.15, -0.1) is 22.9 Å². The highest BCUT2D eigenvalue weighted by atomic mass is 35.5. The molecule has 2 rings (SSSR count). The van der Waals surface area contributed by atoms with E-state index in [4.69, 9.17) is 23.2 Å². The maximum absolute atomic E-state index is 11.2. The van der Waals surface area contributed by atoms with E-state index in [-0.39, 0.29) is 11.8 Å². The summed E-state index contributed by atoms with van der Waals surface area (Å²) in [7, 11) is 0. The van der Waals surface area contributed by atoms with Crippen molar-refractivity contribution in [2.75, 3.05) is 11.2 Å². The van der Waals surface area contributed by atoms with Crippen molar-refractivity contribution in [2.24, 2.45) is 0 Å². The van der Waals surface area contributed by atoms with E-state index in [0.717, 1.165) is 16.1 Å². The van der Waals surface area contributed by atoms with Crippen LogP contribution in [0.2, 0.25) is 5.02 Å². The second-order valence-corrected chi connectivity index (χ2v) is 5.52. The number of rotatable bonds is 3. The van der Waals surface area contributed by atoms with Crippen molar-refractivity contribution in [3.8, 4) is 11.3 Å². The van der Waals surface area contributed by atoms with E-state index in [1.54, 1.807) is 0 Å². The topological polar surface area (TPSA) is 42.0 Å². The lowest BCUT2D eigenvalue weighted by Crippen LogP contribution is -2.12. The summed E-state index contributed by atoms with van der Waals surface area (Å²) in [4.78, 5) is 16.6. The highest BCUT2D eigenvalue weighted by Gasteiger charge is 2.11. The fourth-order valence-corrected chi connectivity index (χ4v) is 2.62. The van der Waals surface area contributed by atoms with E-state index in [1.165, 1.54) is 11.3 Å². The van der Waals surface area contributed by atoms with Gasteiger partial charge < -0.3 is 5.32 Å². The van der Waals surface area contributed by atoms with Gasteiger partial charge in [0.25, 0.3) is 0 Å². The summed E-state index contributed by atoms with van der Waals surface area (Å²) in [5.41, 5.74) is 1.76. The zero-order valence-corrected chi connectivity index (χ0v) is 11.9. The van der Waals surface area contributed by atoms with Crippen molar-refractivity contribution in [1.29, 1.82) is 0 Å². The minimum Gasteiger partial charge on any atom is -0.301 e. The molecule has 6 heteroatoms. The molecule has 3 nitrogen and oxygen atoms in total. The molecule has 0 aliphatic heterocycles. The van der Waals surface area contributed by atoms with E-state index in [9.17, 15) is 4.79 Å². The SMILES string of the molecule is Cc1sc(NC(=O)CCl)nc1-c1cccc(Cl)c1. The number of amides is 1. The average Bonchev–Trinajstić information content (AvgIpc) is 2.70. The third-order valence-electron chi connectivity index (χ3n) is 2.26. The molecule has 1 aromatic carbocycles. The Labute approximate surface area is 119 Å². The van der Waals surface area contributed by atoms with E-state index < -0.39 is 0 Å². The first-order valence-electron chi connectivity index (χ1n) is 5.19. The largest absolute Gasteiger partial charge is 0.301 e. The normalized spacial score (nSPS) is 10.4. The minimum absolute atomic E-state index is 0.0782. The number of hydrogen-bond donors (Lipinski definition) is 1. The van der Waals surface area contributed by atoms with Gasteiger partial charge in [0, 0.05) is 15.5 Å². The van der Waals surface area contributed by atoms with Gasteiger partial charge in [0.1, 0.15) is 5.88 Å². The van der Waals surface area contributed by atoms with Crippen molar-refractivity contribution in [3.05, 3.63) is 34.2 Å². The Kier molecular flexibility index (Phi) is 4.22. The standard InChI is InChI=1S/C12H10Cl2N2OS/c1-7-11(8-3-2-4-9(14)5-8)16-12(18-7)15-10(17)6-13/h2-5H,6H2,1H3,(H,15,16,17). The van der Waals surface area contributed by atoms with Crippen LogP contribution in [0.5, 0.6) is 0 Å². The van der Waals surface area contributed by atoms with E-state index in [1.807, 2.05) is 31.2 Å². The van der Waals surface area contributed by atoms with E-state index in [0.29, 0.717) is 10.2 Å². The molecule has 0 saturated carbocycles. The Hall–Kier alpha value is -1.10. The maximum atomic E-state index is 11.2. The number of hydrogen-bond acceptors (Lipinski definition) is 3. The third kappa shape index (κ3) is 3.02. The van der Waals surface area contributed by atoms with Gasteiger partial charge in [-0.25, -0.2) is 4.98 Å². The van der Waals surface area contributed by atoms with Crippen LogP contribution in [0.25, 0.3) is 11.3 Å². The Morgan fingerprint density at radius 3 is 2.94 bits per heavy atom. The lowest BCUT2D eigenvalue weighted by molar-refractivity contribution is -0.113. The van der Waals surface area contributed by atoms with Crippen LogP contribution in [0.1, 0.15) is 4.88 Å². The Balaban J connectivity index is 2.32. The summed E-state index contributed by atoms with van der Waals surface area (Å²) in [5, 5.41) is 3.85. The monoisotopic (exact) mass is 300 g/mol. The molecule has 1 aromatic heterocycles. The molecule has 0 fully saturated rings. The number of aryl methyl sites for hydroxylation is 1. The molecule has 0 bridgehead atoms. The van der Waals surface area contributed by atoms with Gasteiger partial charge in [-0.3, -0.25) is 4.79 Å². The molecule has 0 aliphatic rings. The zero-order chi connectivity index (χ0) is 13.1. The van der Waals surface area contributed by atoms with Crippen LogP contribution in [-0.2, 0) is 4.79 Å². The third-order valence-corrected chi connectivity index (χ3v) is 3.63. The van der Waals surface area contributed by atoms with Crippen LogP contribution in [-0.4, -0.2) is 16.8 Å². The number of nitrogens with one attached hydrogen (secondary N) is 1. The number of thiazole rings is 1. The molecule has 18 heavy (non-hydrogen) atoms. The van der Waals surface area contributed by atoms with Gasteiger partial charge in [0.15, 0.2) is 5.13 Å². The van der Waals surface area contributed by atoms with Crippen LogP contribution >= 0.6 is 34.5 Å². The first-order valence-corrected chi connectivity index (χ1v) is 6.92. The van der Waals surface area contributed by atoms with Gasteiger partial charge >= 0.3 is 0 Å². The highest BCUT2D eigenvalue weighted by molar-refractivity contribution is 7.16. The fraction of sp³-hybridized carbons (Fsp3) is 0.167. The van der Waals surface area contributed by atoms with Crippen LogP contribution in [0.3, 0.4) is 0 Å². The van der Waals surface area contributed by atoms with Gasteiger partial charge in [0.2, 0.25) is 5.91 Å². The average molecular weight is 301 g/mol. The molecule has 0 aliphatic carbocycles.